The number of para-hydroxylation sites is 1. The average molecular weight is 281 g/mol. The number of aromatic nitrogens is 1. The molecule has 0 unspecified atom stereocenters. The normalized spacial score (nSPS) is 10.3. The van der Waals surface area contributed by atoms with Crippen molar-refractivity contribution in [3.8, 4) is 0 Å². The molecule has 0 radical (unpaired) electrons. The number of hydrogen-bond acceptors (Lipinski definition) is 4. The van der Waals surface area contributed by atoms with E-state index in [1.807, 2.05) is 25.1 Å². The average Bonchev–Trinajstić information content (AvgIpc) is 2.70. The highest BCUT2D eigenvalue weighted by molar-refractivity contribution is 7.80. The number of hydrogen-bond donors (Lipinski definition) is 3. The van der Waals surface area contributed by atoms with Gasteiger partial charge in [-0.25, -0.2) is 4.98 Å². The molecule has 0 saturated heterocycles. The summed E-state index contributed by atoms with van der Waals surface area (Å²) in [6.07, 6.45) is 0. The van der Waals surface area contributed by atoms with E-state index < -0.39 is 5.97 Å². The molecular formula is C11H11N3O2S2. The molecule has 18 heavy (non-hydrogen) atoms. The van der Waals surface area contributed by atoms with Crippen molar-refractivity contribution >= 4 is 50.0 Å². The minimum Gasteiger partial charge on any atom is -0.480 e. The van der Waals surface area contributed by atoms with Crippen LogP contribution >= 0.6 is 23.6 Å². The first-order valence-electron chi connectivity index (χ1n) is 5.19. The number of fused-ring (bicyclic) bond motifs is 1. The Bertz CT molecular complexity index is 609. The van der Waals surface area contributed by atoms with E-state index in [1.54, 1.807) is 0 Å². The number of carboxylic acid groups (broad SMARTS) is 1. The third-order valence-electron chi connectivity index (χ3n) is 2.24. The number of carbonyl (C=O) groups is 1. The topological polar surface area (TPSA) is 74.2 Å². The summed E-state index contributed by atoms with van der Waals surface area (Å²) >= 11 is 6.45. The van der Waals surface area contributed by atoms with Crippen molar-refractivity contribution in [2.75, 3.05) is 11.9 Å². The zero-order valence-corrected chi connectivity index (χ0v) is 11.2. The largest absolute Gasteiger partial charge is 0.480 e. The highest BCUT2D eigenvalue weighted by Crippen LogP contribution is 2.27. The van der Waals surface area contributed by atoms with Gasteiger partial charge in [-0.15, -0.1) is 0 Å². The number of nitrogens with zero attached hydrogens (tertiary/aromatic N) is 1. The Hall–Kier alpha value is -1.73. The van der Waals surface area contributed by atoms with Crippen LogP contribution in [-0.4, -0.2) is 27.7 Å². The fraction of sp³-hybridized carbons (Fsp3) is 0.182. The molecule has 0 bridgehead atoms. The SMILES string of the molecule is Cc1cccc2sc(NC(=S)NCC(=O)O)nc12. The van der Waals surface area contributed by atoms with E-state index in [9.17, 15) is 4.79 Å². The third-order valence-corrected chi connectivity index (χ3v) is 3.42. The second kappa shape index (κ2) is 5.28. The number of carboxylic acids is 1. The van der Waals surface area contributed by atoms with Crippen LogP contribution in [-0.2, 0) is 4.79 Å². The second-order valence-corrected chi connectivity index (χ2v) is 5.08. The molecule has 0 spiro atoms. The smallest absolute Gasteiger partial charge is 0.322 e. The van der Waals surface area contributed by atoms with Crippen LogP contribution in [0.5, 0.6) is 0 Å². The summed E-state index contributed by atoms with van der Waals surface area (Å²) in [7, 11) is 0. The summed E-state index contributed by atoms with van der Waals surface area (Å²) < 4.78 is 1.07. The third kappa shape index (κ3) is 2.93. The Morgan fingerprint density at radius 2 is 2.33 bits per heavy atom. The second-order valence-electron chi connectivity index (χ2n) is 3.64. The minimum absolute atomic E-state index is 0.213. The van der Waals surface area contributed by atoms with E-state index in [0.717, 1.165) is 15.8 Å². The number of aryl methyl sites for hydroxylation is 1. The Kier molecular flexibility index (Phi) is 3.73. The van der Waals surface area contributed by atoms with Crippen molar-refractivity contribution in [3.63, 3.8) is 0 Å². The summed E-state index contributed by atoms with van der Waals surface area (Å²) in [6, 6.07) is 5.95. The van der Waals surface area contributed by atoms with E-state index >= 15 is 0 Å². The standard InChI is InChI=1S/C11H11N3O2S2/c1-6-3-2-4-7-9(6)13-11(18-7)14-10(17)12-5-8(15)16/h2-4H,5H2,1H3,(H,15,16)(H2,12,13,14,17). The minimum atomic E-state index is -0.959. The molecule has 94 valence electrons. The predicted octanol–water partition coefficient (Wildman–Crippen LogP) is 1.98. The van der Waals surface area contributed by atoms with Crippen molar-refractivity contribution < 1.29 is 9.90 Å². The summed E-state index contributed by atoms with van der Waals surface area (Å²) in [5.74, 6) is -0.959. The lowest BCUT2D eigenvalue weighted by molar-refractivity contribution is -0.135. The lowest BCUT2D eigenvalue weighted by Crippen LogP contribution is -2.32. The molecule has 1 heterocycles. The van der Waals surface area contributed by atoms with E-state index in [4.69, 9.17) is 17.3 Å². The lowest BCUT2D eigenvalue weighted by Gasteiger charge is -2.04. The van der Waals surface area contributed by atoms with E-state index in [0.29, 0.717) is 5.13 Å². The van der Waals surface area contributed by atoms with Crippen molar-refractivity contribution in [1.82, 2.24) is 10.3 Å². The summed E-state index contributed by atoms with van der Waals surface area (Å²) in [5, 5.41) is 14.9. The fourth-order valence-corrected chi connectivity index (χ4v) is 2.62. The molecule has 0 atom stereocenters. The highest BCUT2D eigenvalue weighted by atomic mass is 32.1. The molecule has 0 aliphatic carbocycles. The molecule has 2 aromatic rings. The van der Waals surface area contributed by atoms with Crippen molar-refractivity contribution in [2.24, 2.45) is 0 Å². The number of thiazole rings is 1. The van der Waals surface area contributed by atoms with Gasteiger partial charge in [-0.05, 0) is 30.8 Å². The molecule has 7 heteroatoms. The van der Waals surface area contributed by atoms with Gasteiger partial charge in [0.05, 0.1) is 10.2 Å². The fourth-order valence-electron chi connectivity index (χ4n) is 1.44. The molecule has 0 aliphatic heterocycles. The van der Waals surface area contributed by atoms with Crippen LogP contribution in [0.25, 0.3) is 10.2 Å². The molecule has 1 aromatic heterocycles. The van der Waals surface area contributed by atoms with Crippen LogP contribution in [0.2, 0.25) is 0 Å². The molecule has 1 aromatic carbocycles. The van der Waals surface area contributed by atoms with Gasteiger partial charge in [0.25, 0.3) is 0 Å². The van der Waals surface area contributed by atoms with Gasteiger partial charge >= 0.3 is 5.97 Å². The van der Waals surface area contributed by atoms with Gasteiger partial charge in [-0.3, -0.25) is 4.79 Å². The summed E-state index contributed by atoms with van der Waals surface area (Å²) in [5.41, 5.74) is 2.03. The highest BCUT2D eigenvalue weighted by Gasteiger charge is 2.07. The first-order valence-corrected chi connectivity index (χ1v) is 6.41. The molecule has 2 rings (SSSR count). The molecule has 0 fully saturated rings. The molecule has 3 N–H and O–H groups in total. The summed E-state index contributed by atoms with van der Waals surface area (Å²) in [4.78, 5) is 14.8. The van der Waals surface area contributed by atoms with Crippen molar-refractivity contribution in [3.05, 3.63) is 23.8 Å². The number of rotatable bonds is 3. The predicted molar refractivity (Wildman–Crippen MR) is 76.2 cm³/mol. The van der Waals surface area contributed by atoms with Gasteiger partial charge in [-0.2, -0.15) is 0 Å². The molecular weight excluding hydrogens is 270 g/mol. The van der Waals surface area contributed by atoms with E-state index in [-0.39, 0.29) is 11.7 Å². The number of aliphatic carboxylic acids is 1. The first-order chi connectivity index (χ1) is 8.56. The van der Waals surface area contributed by atoms with Crippen LogP contribution in [0.4, 0.5) is 5.13 Å². The van der Waals surface area contributed by atoms with Crippen molar-refractivity contribution in [2.45, 2.75) is 6.92 Å². The Morgan fingerprint density at radius 3 is 3.00 bits per heavy atom. The lowest BCUT2D eigenvalue weighted by atomic mass is 10.2. The Morgan fingerprint density at radius 1 is 1.56 bits per heavy atom. The monoisotopic (exact) mass is 281 g/mol. The maximum atomic E-state index is 10.4. The van der Waals surface area contributed by atoms with Crippen molar-refractivity contribution in [1.29, 1.82) is 0 Å². The number of nitrogens with one attached hydrogen (secondary N) is 2. The zero-order valence-electron chi connectivity index (χ0n) is 9.56. The zero-order chi connectivity index (χ0) is 13.1. The van der Waals surface area contributed by atoms with Gasteiger partial charge in [0, 0.05) is 0 Å². The van der Waals surface area contributed by atoms with E-state index in [2.05, 4.69) is 15.6 Å². The van der Waals surface area contributed by atoms with Gasteiger partial charge in [-0.1, -0.05) is 23.5 Å². The van der Waals surface area contributed by atoms with Crippen LogP contribution in [0, 0.1) is 6.92 Å². The maximum absolute atomic E-state index is 10.4. The maximum Gasteiger partial charge on any atom is 0.322 e. The van der Waals surface area contributed by atoms with Crippen LogP contribution in [0.15, 0.2) is 18.2 Å². The van der Waals surface area contributed by atoms with Gasteiger partial charge < -0.3 is 15.7 Å². The van der Waals surface area contributed by atoms with Gasteiger partial charge in [0.15, 0.2) is 10.2 Å². The van der Waals surface area contributed by atoms with Crippen LogP contribution in [0.3, 0.4) is 0 Å². The molecule has 0 aliphatic rings. The Balaban J connectivity index is 2.10. The van der Waals surface area contributed by atoms with E-state index in [1.165, 1.54) is 11.3 Å². The number of anilines is 1. The molecule has 5 nitrogen and oxygen atoms in total. The first kappa shape index (κ1) is 12.7. The molecule has 0 amide bonds. The number of benzene rings is 1. The van der Waals surface area contributed by atoms with Crippen LogP contribution in [0.1, 0.15) is 5.56 Å². The molecule has 0 saturated carbocycles. The number of thiocarbonyl (C=S) groups is 1. The quantitative estimate of drug-likeness (QED) is 0.747. The summed E-state index contributed by atoms with van der Waals surface area (Å²) in [6.45, 7) is 1.78. The van der Waals surface area contributed by atoms with Crippen LogP contribution < -0.4 is 10.6 Å². The van der Waals surface area contributed by atoms with Gasteiger partial charge in [0.1, 0.15) is 6.54 Å². The Labute approximate surface area is 113 Å². The van der Waals surface area contributed by atoms with Gasteiger partial charge in [0.2, 0.25) is 0 Å².